The van der Waals surface area contributed by atoms with Crippen LogP contribution in [-0.4, -0.2) is 23.1 Å². The third-order valence-electron chi connectivity index (χ3n) is 1.68. The molecule has 0 radical (unpaired) electrons. The Bertz CT molecular complexity index is 297. The van der Waals surface area contributed by atoms with Gasteiger partial charge < -0.3 is 12.4 Å². The molecular weight excluding hydrogens is 225 g/mol. The SMILES string of the molecule is [CH2-]c1cc(C(F)(F)F)ccc1C.[Cl-].[Mg+2]. The number of hydrogen-bond acceptors (Lipinski definition) is 0. The van der Waals surface area contributed by atoms with Crippen LogP contribution in [0.25, 0.3) is 0 Å². The second-order valence-corrected chi connectivity index (χ2v) is 2.64. The third-order valence-corrected chi connectivity index (χ3v) is 1.68. The summed E-state index contributed by atoms with van der Waals surface area (Å²) >= 11 is 0. The quantitative estimate of drug-likeness (QED) is 0.430. The first-order chi connectivity index (χ1) is 5.41. The van der Waals surface area contributed by atoms with E-state index in [1.807, 2.05) is 0 Å². The number of hydrogen-bond donors (Lipinski definition) is 0. The zero-order valence-corrected chi connectivity index (χ0v) is 9.83. The van der Waals surface area contributed by atoms with Crippen molar-refractivity contribution in [2.45, 2.75) is 13.1 Å². The van der Waals surface area contributed by atoms with Gasteiger partial charge in [-0.05, 0) is 5.56 Å². The van der Waals surface area contributed by atoms with Crippen LogP contribution in [0.2, 0.25) is 0 Å². The number of benzene rings is 1. The van der Waals surface area contributed by atoms with E-state index in [0.717, 1.165) is 17.7 Å². The normalized spacial score (nSPS) is 10.0. The van der Waals surface area contributed by atoms with E-state index in [4.69, 9.17) is 0 Å². The Morgan fingerprint density at radius 1 is 1.21 bits per heavy atom. The van der Waals surface area contributed by atoms with E-state index >= 15 is 0 Å². The first-order valence-corrected chi connectivity index (χ1v) is 3.41. The fourth-order valence-electron chi connectivity index (χ4n) is 0.848. The molecule has 0 heterocycles. The average molecular weight is 233 g/mol. The van der Waals surface area contributed by atoms with Gasteiger partial charge in [0.1, 0.15) is 0 Å². The van der Waals surface area contributed by atoms with Gasteiger partial charge in [-0.15, -0.1) is 6.07 Å². The Morgan fingerprint density at radius 3 is 2.07 bits per heavy atom. The molecule has 1 rings (SSSR count). The van der Waals surface area contributed by atoms with Crippen molar-refractivity contribution < 1.29 is 25.6 Å². The van der Waals surface area contributed by atoms with Crippen molar-refractivity contribution in [1.29, 1.82) is 0 Å². The maximum Gasteiger partial charge on any atom is 2.00 e. The van der Waals surface area contributed by atoms with E-state index in [1.54, 1.807) is 6.92 Å². The van der Waals surface area contributed by atoms with Crippen molar-refractivity contribution in [1.82, 2.24) is 0 Å². The van der Waals surface area contributed by atoms with E-state index in [9.17, 15) is 13.2 Å². The number of aryl methyl sites for hydroxylation is 1. The van der Waals surface area contributed by atoms with Crippen LogP contribution in [0, 0.1) is 13.8 Å². The summed E-state index contributed by atoms with van der Waals surface area (Å²) in [6.45, 7) is 5.22. The molecule has 0 fully saturated rings. The van der Waals surface area contributed by atoms with Crippen molar-refractivity contribution in [3.8, 4) is 0 Å². The van der Waals surface area contributed by atoms with E-state index in [2.05, 4.69) is 6.92 Å². The fraction of sp³-hybridized carbons (Fsp3) is 0.222. The Kier molecular flexibility index (Phi) is 6.70. The van der Waals surface area contributed by atoms with Crippen molar-refractivity contribution >= 4 is 23.1 Å². The molecule has 0 aromatic heterocycles. The van der Waals surface area contributed by atoms with E-state index in [0.29, 0.717) is 5.56 Å². The van der Waals surface area contributed by atoms with Gasteiger partial charge in [-0.3, -0.25) is 0 Å². The van der Waals surface area contributed by atoms with Gasteiger partial charge in [0.05, 0.1) is 0 Å². The predicted molar refractivity (Wildman–Crippen MR) is 46.4 cm³/mol. The van der Waals surface area contributed by atoms with Gasteiger partial charge in [0, 0.05) is 0 Å². The summed E-state index contributed by atoms with van der Waals surface area (Å²) in [6.07, 6.45) is -4.26. The molecule has 0 unspecified atom stereocenters. The summed E-state index contributed by atoms with van der Waals surface area (Å²) in [5, 5.41) is 0. The van der Waals surface area contributed by atoms with Crippen molar-refractivity contribution in [2.75, 3.05) is 0 Å². The molecule has 0 aliphatic rings. The largest absolute Gasteiger partial charge is 2.00 e. The number of halogens is 4. The second kappa shape index (κ2) is 5.73. The molecule has 0 nitrogen and oxygen atoms in total. The molecule has 0 saturated heterocycles. The van der Waals surface area contributed by atoms with E-state index < -0.39 is 11.7 Å². The van der Waals surface area contributed by atoms with Gasteiger partial charge in [-0.25, -0.2) is 0 Å². The first kappa shape index (κ1) is 16.4. The zero-order valence-electron chi connectivity index (χ0n) is 7.66. The zero-order chi connectivity index (χ0) is 9.35. The molecule has 0 aliphatic carbocycles. The standard InChI is InChI=1S/C9H8F3.ClH.Mg/c1-6-3-4-8(5-7(6)2)9(10,11)12;;/h3-5H,2H2,1H3;1H;/q-1;;+2/p-1. The summed E-state index contributed by atoms with van der Waals surface area (Å²) < 4.78 is 36.2. The van der Waals surface area contributed by atoms with Crippen LogP contribution in [0.15, 0.2) is 18.2 Å². The molecule has 0 spiro atoms. The summed E-state index contributed by atoms with van der Waals surface area (Å²) in [7, 11) is 0. The monoisotopic (exact) mass is 232 g/mol. The summed E-state index contributed by atoms with van der Waals surface area (Å²) in [5.41, 5.74) is 0.547. The van der Waals surface area contributed by atoms with Gasteiger partial charge in [0.15, 0.2) is 0 Å². The molecule has 74 valence electrons. The molecule has 1 aromatic carbocycles. The molecule has 0 amide bonds. The van der Waals surface area contributed by atoms with Crippen molar-refractivity contribution in [3.05, 3.63) is 41.8 Å². The Balaban J connectivity index is 0. The third kappa shape index (κ3) is 3.98. The van der Waals surface area contributed by atoms with Crippen molar-refractivity contribution in [3.63, 3.8) is 0 Å². The van der Waals surface area contributed by atoms with E-state index in [-0.39, 0.29) is 35.5 Å². The van der Waals surface area contributed by atoms with Crippen LogP contribution < -0.4 is 12.4 Å². The molecule has 0 atom stereocenters. The Labute approximate surface area is 103 Å². The van der Waals surface area contributed by atoms with E-state index in [1.165, 1.54) is 6.07 Å². The first-order valence-electron chi connectivity index (χ1n) is 3.41. The van der Waals surface area contributed by atoms with Gasteiger partial charge >= 0.3 is 29.2 Å². The molecule has 5 heteroatoms. The predicted octanol–water partition coefficient (Wildman–Crippen LogP) is -0.181. The fourth-order valence-corrected chi connectivity index (χ4v) is 0.848. The molecule has 14 heavy (non-hydrogen) atoms. The van der Waals surface area contributed by atoms with Crippen LogP contribution in [0.4, 0.5) is 13.2 Å². The summed E-state index contributed by atoms with van der Waals surface area (Å²) in [6, 6.07) is 3.53. The minimum atomic E-state index is -4.26. The molecule has 0 bridgehead atoms. The second-order valence-electron chi connectivity index (χ2n) is 2.64. The average Bonchev–Trinajstić information content (AvgIpc) is 1.92. The van der Waals surface area contributed by atoms with Gasteiger partial charge in [0.25, 0.3) is 0 Å². The minimum absolute atomic E-state index is 0. The van der Waals surface area contributed by atoms with Crippen molar-refractivity contribution in [2.24, 2.45) is 0 Å². The van der Waals surface area contributed by atoms with Gasteiger partial charge in [-0.1, -0.05) is 13.0 Å². The van der Waals surface area contributed by atoms with Crippen LogP contribution >= 0.6 is 0 Å². The molecular formula is C9H8ClF3Mg. The number of alkyl halides is 3. The van der Waals surface area contributed by atoms with Crippen LogP contribution in [0.1, 0.15) is 16.7 Å². The molecule has 1 aromatic rings. The number of rotatable bonds is 0. The summed E-state index contributed by atoms with van der Waals surface area (Å²) in [5.74, 6) is 0. The minimum Gasteiger partial charge on any atom is -1.00 e. The van der Waals surface area contributed by atoms with Crippen LogP contribution in [0.5, 0.6) is 0 Å². The Hall–Kier alpha value is -0.0638. The topological polar surface area (TPSA) is 0 Å². The molecule has 0 aliphatic heterocycles. The molecule has 0 saturated carbocycles. The van der Waals surface area contributed by atoms with Crippen LogP contribution in [-0.2, 0) is 6.18 Å². The Morgan fingerprint density at radius 2 is 1.71 bits per heavy atom. The maximum absolute atomic E-state index is 12.1. The summed E-state index contributed by atoms with van der Waals surface area (Å²) in [4.78, 5) is 0. The smallest absolute Gasteiger partial charge is 1.00 e. The maximum atomic E-state index is 12.1. The van der Waals surface area contributed by atoms with Gasteiger partial charge in [-0.2, -0.15) is 37.3 Å². The van der Waals surface area contributed by atoms with Gasteiger partial charge in [0.2, 0.25) is 0 Å². The van der Waals surface area contributed by atoms with Crippen LogP contribution in [0.3, 0.4) is 0 Å². The molecule has 0 N–H and O–H groups in total.